The topological polar surface area (TPSA) is 101 Å². The Morgan fingerprint density at radius 2 is 1.43 bits per heavy atom. The predicted molar refractivity (Wildman–Crippen MR) is 90.1 cm³/mol. The lowest BCUT2D eigenvalue weighted by Crippen LogP contribution is -2.12. The van der Waals surface area contributed by atoms with Crippen molar-refractivity contribution in [2.24, 2.45) is 5.92 Å². The maximum atomic E-state index is 10.8. The third-order valence-electron chi connectivity index (χ3n) is 2.52. The largest absolute Gasteiger partial charge is 0.478 e. The Labute approximate surface area is 138 Å². The molecule has 0 aromatic rings. The van der Waals surface area contributed by atoms with Crippen molar-refractivity contribution in [3.63, 3.8) is 0 Å². The first kappa shape index (κ1) is 25.6. The SMILES string of the molecule is C=CC(=O)O.C=CC(=O)O.C=CC(=O)OCC(CC)CCCC. The molecule has 2 N–H and O–H groups in total. The summed E-state index contributed by atoms with van der Waals surface area (Å²) in [6.07, 6.45) is 7.52. The van der Waals surface area contributed by atoms with E-state index in [9.17, 15) is 14.4 Å². The number of esters is 1. The number of aliphatic carboxylic acids is 2. The highest BCUT2D eigenvalue weighted by Crippen LogP contribution is 2.12. The molecule has 0 heterocycles. The van der Waals surface area contributed by atoms with Crippen LogP contribution in [-0.4, -0.2) is 34.7 Å². The molecule has 0 aromatic heterocycles. The Kier molecular flexibility index (Phi) is 21.8. The average Bonchev–Trinajstić information content (AvgIpc) is 2.55. The van der Waals surface area contributed by atoms with Crippen LogP contribution in [-0.2, 0) is 19.1 Å². The van der Waals surface area contributed by atoms with E-state index < -0.39 is 11.9 Å². The quantitative estimate of drug-likeness (QED) is 0.496. The third-order valence-corrected chi connectivity index (χ3v) is 2.52. The van der Waals surface area contributed by atoms with Crippen molar-refractivity contribution in [2.45, 2.75) is 39.5 Å². The second kappa shape index (κ2) is 19.6. The Hall–Kier alpha value is -2.37. The molecule has 6 nitrogen and oxygen atoms in total. The Bertz CT molecular complexity index is 355. The van der Waals surface area contributed by atoms with Crippen LogP contribution in [0.2, 0.25) is 0 Å². The molecular formula is C17H28O6. The van der Waals surface area contributed by atoms with Gasteiger partial charge < -0.3 is 14.9 Å². The first-order valence-electron chi connectivity index (χ1n) is 7.28. The van der Waals surface area contributed by atoms with Crippen LogP contribution in [0.5, 0.6) is 0 Å². The van der Waals surface area contributed by atoms with Crippen molar-refractivity contribution < 1.29 is 29.3 Å². The van der Waals surface area contributed by atoms with Crippen molar-refractivity contribution in [1.82, 2.24) is 0 Å². The molecule has 0 radical (unpaired) electrons. The minimum atomic E-state index is -0.981. The zero-order chi connectivity index (χ0) is 18.7. The van der Waals surface area contributed by atoms with Crippen LogP contribution in [0.25, 0.3) is 0 Å². The van der Waals surface area contributed by atoms with Crippen LogP contribution >= 0.6 is 0 Å². The smallest absolute Gasteiger partial charge is 0.330 e. The van der Waals surface area contributed by atoms with E-state index in [0.717, 1.165) is 25.0 Å². The molecule has 0 amide bonds. The Balaban J connectivity index is -0.000000329. The summed E-state index contributed by atoms with van der Waals surface area (Å²) in [5, 5.41) is 15.2. The number of hydrogen-bond acceptors (Lipinski definition) is 4. The summed E-state index contributed by atoms with van der Waals surface area (Å²) >= 11 is 0. The van der Waals surface area contributed by atoms with Gasteiger partial charge in [-0.1, -0.05) is 52.8 Å². The monoisotopic (exact) mass is 328 g/mol. The molecule has 0 aliphatic carbocycles. The third kappa shape index (κ3) is 28.5. The molecule has 0 fully saturated rings. The Morgan fingerprint density at radius 3 is 1.70 bits per heavy atom. The van der Waals surface area contributed by atoms with Gasteiger partial charge in [0, 0.05) is 18.2 Å². The molecule has 0 rings (SSSR count). The first-order valence-corrected chi connectivity index (χ1v) is 7.28. The molecule has 1 unspecified atom stereocenters. The fourth-order valence-electron chi connectivity index (χ4n) is 1.16. The van der Waals surface area contributed by atoms with Crippen molar-refractivity contribution in [3.8, 4) is 0 Å². The van der Waals surface area contributed by atoms with Crippen molar-refractivity contribution in [3.05, 3.63) is 38.0 Å². The highest BCUT2D eigenvalue weighted by atomic mass is 16.5. The molecule has 0 bridgehead atoms. The van der Waals surface area contributed by atoms with E-state index in [0.29, 0.717) is 12.5 Å². The molecule has 0 aliphatic heterocycles. The van der Waals surface area contributed by atoms with E-state index in [1.54, 1.807) is 0 Å². The van der Waals surface area contributed by atoms with Gasteiger partial charge in [-0.15, -0.1) is 0 Å². The summed E-state index contributed by atoms with van der Waals surface area (Å²) in [6.45, 7) is 14.1. The summed E-state index contributed by atoms with van der Waals surface area (Å²) in [5.74, 6) is -1.76. The number of hydrogen-bond donors (Lipinski definition) is 2. The van der Waals surface area contributed by atoms with E-state index >= 15 is 0 Å². The van der Waals surface area contributed by atoms with Crippen LogP contribution < -0.4 is 0 Å². The van der Waals surface area contributed by atoms with Gasteiger partial charge in [0.1, 0.15) is 0 Å². The van der Waals surface area contributed by atoms with E-state index in [4.69, 9.17) is 14.9 Å². The van der Waals surface area contributed by atoms with Gasteiger partial charge in [-0.25, -0.2) is 14.4 Å². The summed E-state index contributed by atoms with van der Waals surface area (Å²) in [4.78, 5) is 29.3. The average molecular weight is 328 g/mol. The number of rotatable bonds is 9. The van der Waals surface area contributed by atoms with Gasteiger partial charge in [-0.05, 0) is 12.3 Å². The Morgan fingerprint density at radius 1 is 1.00 bits per heavy atom. The van der Waals surface area contributed by atoms with Crippen LogP contribution in [0, 0.1) is 5.92 Å². The maximum Gasteiger partial charge on any atom is 0.330 e. The van der Waals surface area contributed by atoms with Gasteiger partial charge in [0.2, 0.25) is 0 Å². The fraction of sp³-hybridized carbons (Fsp3) is 0.471. The van der Waals surface area contributed by atoms with Crippen LogP contribution in [0.4, 0.5) is 0 Å². The maximum absolute atomic E-state index is 10.8. The molecule has 0 saturated heterocycles. The highest BCUT2D eigenvalue weighted by molar-refractivity contribution is 5.81. The molecule has 0 spiro atoms. The lowest BCUT2D eigenvalue weighted by molar-refractivity contribution is -0.139. The van der Waals surface area contributed by atoms with Crippen molar-refractivity contribution in [2.75, 3.05) is 6.61 Å². The minimum absolute atomic E-state index is 0.310. The van der Waals surface area contributed by atoms with Gasteiger partial charge in [-0.3, -0.25) is 0 Å². The van der Waals surface area contributed by atoms with Crippen LogP contribution in [0.3, 0.4) is 0 Å². The van der Waals surface area contributed by atoms with Gasteiger partial charge in [-0.2, -0.15) is 0 Å². The van der Waals surface area contributed by atoms with Crippen molar-refractivity contribution in [1.29, 1.82) is 0 Å². The second-order valence-corrected chi connectivity index (χ2v) is 4.34. The van der Waals surface area contributed by atoms with Crippen molar-refractivity contribution >= 4 is 17.9 Å². The minimum Gasteiger partial charge on any atom is -0.478 e. The van der Waals surface area contributed by atoms with E-state index in [1.165, 1.54) is 18.9 Å². The molecular weight excluding hydrogens is 300 g/mol. The standard InChI is InChI=1S/C11H20O2.2C3H4O2/c1-4-7-8-10(5-2)9-13-11(12)6-3;2*1-2-3(4)5/h6,10H,3-5,7-9H2,1-2H3;2*2H,1H2,(H,4,5). The number of ether oxygens (including phenoxy) is 1. The first-order chi connectivity index (χ1) is 10.8. The zero-order valence-corrected chi connectivity index (χ0v) is 14.0. The van der Waals surface area contributed by atoms with E-state index in [2.05, 4.69) is 33.6 Å². The van der Waals surface area contributed by atoms with Gasteiger partial charge in [0.15, 0.2) is 0 Å². The van der Waals surface area contributed by atoms with Gasteiger partial charge in [0.05, 0.1) is 6.61 Å². The lowest BCUT2D eigenvalue weighted by atomic mass is 10.0. The fourth-order valence-corrected chi connectivity index (χ4v) is 1.16. The molecule has 6 heteroatoms. The summed E-state index contributed by atoms with van der Waals surface area (Å²) in [6, 6.07) is 0. The molecule has 0 aromatic carbocycles. The molecule has 23 heavy (non-hydrogen) atoms. The number of carboxylic acids is 2. The normalized spacial score (nSPS) is 9.65. The number of carboxylic acid groups (broad SMARTS) is 2. The van der Waals surface area contributed by atoms with E-state index in [1.807, 2.05) is 0 Å². The van der Waals surface area contributed by atoms with Crippen LogP contribution in [0.1, 0.15) is 39.5 Å². The summed E-state index contributed by atoms with van der Waals surface area (Å²) in [5.41, 5.74) is 0. The highest BCUT2D eigenvalue weighted by Gasteiger charge is 2.07. The number of carbonyl (C=O) groups is 3. The van der Waals surface area contributed by atoms with Gasteiger partial charge >= 0.3 is 17.9 Å². The molecule has 132 valence electrons. The lowest BCUT2D eigenvalue weighted by Gasteiger charge is -2.13. The predicted octanol–water partition coefficient (Wildman–Crippen LogP) is 3.45. The van der Waals surface area contributed by atoms with Gasteiger partial charge in [0.25, 0.3) is 0 Å². The summed E-state index contributed by atoms with van der Waals surface area (Å²) < 4.78 is 4.98. The number of unbranched alkanes of at least 4 members (excludes halogenated alkanes) is 1. The number of carbonyl (C=O) groups excluding carboxylic acids is 1. The molecule has 0 saturated carbocycles. The van der Waals surface area contributed by atoms with E-state index in [-0.39, 0.29) is 5.97 Å². The zero-order valence-electron chi connectivity index (χ0n) is 14.0. The summed E-state index contributed by atoms with van der Waals surface area (Å²) in [7, 11) is 0. The molecule has 1 atom stereocenters. The van der Waals surface area contributed by atoms with Crippen LogP contribution in [0.15, 0.2) is 38.0 Å². The molecule has 0 aliphatic rings. The second-order valence-electron chi connectivity index (χ2n) is 4.34.